The van der Waals surface area contributed by atoms with Crippen molar-refractivity contribution >= 4 is 5.91 Å². The van der Waals surface area contributed by atoms with E-state index in [-0.39, 0.29) is 24.9 Å². The number of β-amino-alcohol motifs (C(OH)–C–C–N with tert-alkyl or cyclic N) is 1. The largest absolute Gasteiger partial charge is 0.388 e. The van der Waals surface area contributed by atoms with Gasteiger partial charge in [-0.1, -0.05) is 13.8 Å². The van der Waals surface area contributed by atoms with Gasteiger partial charge in [-0.15, -0.1) is 0 Å². The molecule has 2 atom stereocenters. The van der Waals surface area contributed by atoms with Crippen LogP contribution in [0, 0.1) is 5.92 Å². The Morgan fingerprint density at radius 1 is 1.58 bits per heavy atom. The number of hydrogen-bond donors (Lipinski definition) is 1. The Labute approximate surface area is 71.2 Å². The molecule has 0 aromatic rings. The monoisotopic (exact) mass is 174 g/mol. The molecule has 0 aliphatic carbocycles. The van der Waals surface area contributed by atoms with Crippen molar-refractivity contribution in [3.05, 3.63) is 0 Å². The molecule has 1 aliphatic rings. The average Bonchev–Trinajstić information content (AvgIpc) is 2.30. The first-order valence-electron chi connectivity index (χ1n) is 4.13. The maximum atomic E-state index is 12.7. The van der Waals surface area contributed by atoms with E-state index in [9.17, 15) is 9.18 Å². The Morgan fingerprint density at radius 3 is 2.50 bits per heavy atom. The normalized spacial score (nSPS) is 29.9. The molecule has 1 amide bonds. The van der Waals surface area contributed by atoms with E-state index in [0.29, 0.717) is 0 Å². The number of aliphatic hydroxyl groups is 1. The topological polar surface area (TPSA) is 40.5 Å². The number of hydrogen-bond acceptors (Lipinski definition) is 2. The SMILES string of the molecule is CC(C)C(=O)N1C[C@@H](O)[C@H]([18F])C1. The summed E-state index contributed by atoms with van der Waals surface area (Å²) in [5, 5.41) is 9.03. The zero-order valence-corrected chi connectivity index (χ0v) is 7.33. The van der Waals surface area contributed by atoms with Gasteiger partial charge in [-0.3, -0.25) is 4.79 Å². The Kier molecular flexibility index (Phi) is 2.67. The summed E-state index contributed by atoms with van der Waals surface area (Å²) in [6.07, 6.45) is -2.26. The Balaban J connectivity index is 2.52. The van der Waals surface area contributed by atoms with Crippen LogP contribution in [0.3, 0.4) is 0 Å². The van der Waals surface area contributed by atoms with Crippen LogP contribution < -0.4 is 0 Å². The minimum atomic E-state index is -1.27. The molecule has 1 N–H and O–H groups in total. The molecule has 1 heterocycles. The molecule has 0 aromatic heterocycles. The fourth-order valence-electron chi connectivity index (χ4n) is 1.29. The molecule has 3 nitrogen and oxygen atoms in total. The van der Waals surface area contributed by atoms with Crippen LogP contribution in [-0.4, -0.2) is 41.3 Å². The number of carbonyl (C=O) groups excluding carboxylic acids is 1. The molecule has 0 unspecified atom stereocenters. The van der Waals surface area contributed by atoms with Gasteiger partial charge in [-0.2, -0.15) is 0 Å². The van der Waals surface area contributed by atoms with E-state index in [1.807, 2.05) is 0 Å². The summed E-state index contributed by atoms with van der Waals surface area (Å²) in [5.41, 5.74) is 0. The first kappa shape index (κ1) is 9.45. The Bertz CT molecular complexity index is 174. The highest BCUT2D eigenvalue weighted by Gasteiger charge is 2.34. The van der Waals surface area contributed by atoms with Gasteiger partial charge < -0.3 is 10.0 Å². The van der Waals surface area contributed by atoms with E-state index in [0.717, 1.165) is 0 Å². The third kappa shape index (κ3) is 1.75. The first-order valence-corrected chi connectivity index (χ1v) is 4.13. The van der Waals surface area contributed by atoms with Gasteiger partial charge in [-0.25, -0.2) is 4.39 Å². The predicted molar refractivity (Wildman–Crippen MR) is 42.3 cm³/mol. The van der Waals surface area contributed by atoms with Gasteiger partial charge in [-0.05, 0) is 0 Å². The van der Waals surface area contributed by atoms with Gasteiger partial charge in [0.05, 0.1) is 6.54 Å². The lowest BCUT2D eigenvalue weighted by Gasteiger charge is -2.17. The van der Waals surface area contributed by atoms with E-state index < -0.39 is 12.3 Å². The van der Waals surface area contributed by atoms with Gasteiger partial charge in [0, 0.05) is 12.5 Å². The van der Waals surface area contributed by atoms with Crippen molar-refractivity contribution < 1.29 is 14.3 Å². The van der Waals surface area contributed by atoms with Crippen LogP contribution in [0.1, 0.15) is 13.8 Å². The molecular formula is C8H14FNO2. The van der Waals surface area contributed by atoms with Crippen LogP contribution in [0.4, 0.5) is 4.39 Å². The molecule has 12 heavy (non-hydrogen) atoms. The third-order valence-corrected chi connectivity index (χ3v) is 2.03. The van der Waals surface area contributed by atoms with Gasteiger partial charge in [0.1, 0.15) is 12.3 Å². The van der Waals surface area contributed by atoms with Crippen molar-refractivity contribution in [3.8, 4) is 0 Å². The smallest absolute Gasteiger partial charge is 0.225 e. The minimum absolute atomic E-state index is 0.0399. The molecule has 0 saturated carbocycles. The zero-order valence-electron chi connectivity index (χ0n) is 7.33. The third-order valence-electron chi connectivity index (χ3n) is 2.03. The van der Waals surface area contributed by atoms with E-state index in [4.69, 9.17) is 5.11 Å². The lowest BCUT2D eigenvalue weighted by molar-refractivity contribution is -0.133. The Morgan fingerprint density at radius 2 is 2.17 bits per heavy atom. The summed E-state index contributed by atoms with van der Waals surface area (Å²) >= 11 is 0. The standard InChI is InChI=1S/C8H14FNO2/c1-5(2)8(12)10-3-6(9)7(11)4-10/h5-7,11H,3-4H2,1-2H3/t6-,7-/m1/s1/i9-1. The lowest BCUT2D eigenvalue weighted by Crippen LogP contribution is -2.32. The summed E-state index contributed by atoms with van der Waals surface area (Å²) in [6.45, 7) is 3.71. The average molecular weight is 174 g/mol. The van der Waals surface area contributed by atoms with Crippen molar-refractivity contribution in [1.82, 2.24) is 4.90 Å². The van der Waals surface area contributed by atoms with Gasteiger partial charge >= 0.3 is 0 Å². The molecule has 4 heteroatoms. The highest BCUT2D eigenvalue weighted by molar-refractivity contribution is 5.78. The van der Waals surface area contributed by atoms with Crippen molar-refractivity contribution in [2.24, 2.45) is 5.92 Å². The molecular weight excluding hydrogens is 160 g/mol. The second-order valence-corrected chi connectivity index (χ2v) is 3.48. The number of likely N-dealkylation sites (tertiary alicyclic amines) is 1. The number of rotatable bonds is 1. The molecule has 0 aromatic carbocycles. The molecule has 0 spiro atoms. The number of nitrogens with zero attached hydrogens (tertiary/aromatic N) is 1. The fraction of sp³-hybridized carbons (Fsp3) is 0.875. The molecule has 0 radical (unpaired) electrons. The van der Waals surface area contributed by atoms with E-state index in [1.165, 1.54) is 4.90 Å². The van der Waals surface area contributed by atoms with E-state index in [2.05, 4.69) is 0 Å². The molecule has 1 rings (SSSR count). The summed E-state index contributed by atoms with van der Waals surface area (Å²) in [5.74, 6) is -0.211. The summed E-state index contributed by atoms with van der Waals surface area (Å²) in [4.78, 5) is 12.7. The van der Waals surface area contributed by atoms with Crippen LogP contribution in [0.2, 0.25) is 0 Å². The quantitative estimate of drug-likeness (QED) is 0.616. The number of halogens is 1. The van der Waals surface area contributed by atoms with Crippen molar-refractivity contribution in [2.45, 2.75) is 26.1 Å². The van der Waals surface area contributed by atoms with Crippen LogP contribution in [0.5, 0.6) is 0 Å². The van der Waals surface area contributed by atoms with Crippen molar-refractivity contribution in [2.75, 3.05) is 13.1 Å². The highest BCUT2D eigenvalue weighted by atomic mass is 18.2. The van der Waals surface area contributed by atoms with Crippen LogP contribution in [-0.2, 0) is 4.79 Å². The number of carbonyl (C=O) groups is 1. The highest BCUT2D eigenvalue weighted by Crippen LogP contribution is 2.15. The lowest BCUT2D eigenvalue weighted by atomic mass is 10.2. The summed E-state index contributed by atoms with van der Waals surface area (Å²) in [6, 6.07) is 0. The number of aliphatic hydroxyl groups excluding tert-OH is 1. The minimum Gasteiger partial charge on any atom is -0.388 e. The van der Waals surface area contributed by atoms with Gasteiger partial charge in [0.25, 0.3) is 0 Å². The summed E-state index contributed by atoms with van der Waals surface area (Å²) in [7, 11) is 0. The number of amides is 1. The van der Waals surface area contributed by atoms with E-state index >= 15 is 0 Å². The van der Waals surface area contributed by atoms with Crippen LogP contribution in [0.25, 0.3) is 0 Å². The zero-order chi connectivity index (χ0) is 9.30. The number of alkyl halides is 1. The molecule has 70 valence electrons. The maximum absolute atomic E-state index is 12.7. The fourth-order valence-corrected chi connectivity index (χ4v) is 1.29. The van der Waals surface area contributed by atoms with Crippen molar-refractivity contribution in [1.29, 1.82) is 0 Å². The van der Waals surface area contributed by atoms with Crippen LogP contribution >= 0.6 is 0 Å². The van der Waals surface area contributed by atoms with Gasteiger partial charge in [0.2, 0.25) is 5.91 Å². The van der Waals surface area contributed by atoms with Crippen molar-refractivity contribution in [3.63, 3.8) is 0 Å². The van der Waals surface area contributed by atoms with Crippen LogP contribution in [0.15, 0.2) is 0 Å². The second-order valence-electron chi connectivity index (χ2n) is 3.48. The molecule has 0 bridgehead atoms. The second kappa shape index (κ2) is 3.39. The predicted octanol–water partition coefficient (Wildman–Crippen LogP) is 0.184. The first-order chi connectivity index (χ1) is 5.52. The maximum Gasteiger partial charge on any atom is 0.225 e. The van der Waals surface area contributed by atoms with Gasteiger partial charge in [0.15, 0.2) is 0 Å². The molecule has 1 saturated heterocycles. The summed E-state index contributed by atoms with van der Waals surface area (Å²) < 4.78 is 12.7. The Hall–Kier alpha value is -0.640. The molecule has 1 aliphatic heterocycles. The molecule has 1 fully saturated rings. The van der Waals surface area contributed by atoms with E-state index in [1.54, 1.807) is 13.8 Å².